The Morgan fingerprint density at radius 3 is 1.78 bits per heavy atom. The number of anilines is 3. The van der Waals surface area contributed by atoms with E-state index < -0.39 is 0 Å². The molecule has 2 nitrogen and oxygen atoms in total. The van der Waals surface area contributed by atoms with Crippen molar-refractivity contribution in [2.24, 2.45) is 0 Å². The van der Waals surface area contributed by atoms with E-state index in [9.17, 15) is 0 Å². The molecule has 0 saturated carbocycles. The fourth-order valence-electron chi connectivity index (χ4n) is 7.93. The topological polar surface area (TPSA) is 8.17 Å². The molecule has 0 aliphatic heterocycles. The first kappa shape index (κ1) is 28.0. The van der Waals surface area contributed by atoms with Crippen LogP contribution in [0, 0.1) is 0 Å². The molecule has 3 heterocycles. The molecule has 234 valence electrons. The molecule has 0 aliphatic carbocycles. The van der Waals surface area contributed by atoms with Crippen LogP contribution in [-0.4, -0.2) is 4.57 Å². The maximum Gasteiger partial charge on any atom is 0.0561 e. The Kier molecular flexibility index (Phi) is 6.03. The van der Waals surface area contributed by atoms with E-state index in [0.29, 0.717) is 0 Å². The first-order valence-electron chi connectivity index (χ1n) is 16.9. The Balaban J connectivity index is 1.18. The Hall–Kier alpha value is -5.94. The van der Waals surface area contributed by atoms with Gasteiger partial charge in [0.25, 0.3) is 0 Å². The number of fused-ring (bicyclic) bond motifs is 11. The van der Waals surface area contributed by atoms with E-state index >= 15 is 0 Å². The van der Waals surface area contributed by atoms with Crippen LogP contribution < -0.4 is 4.90 Å². The molecule has 11 aromatic rings. The SMILES string of the molecule is c1ccc(-n2c3ccccc3c3ccc(N(c4ccc5c(c4)sc4ccccc45)c4ccc5c(c4)sc4ccc6ccccc6c45)cc32)cc1. The van der Waals surface area contributed by atoms with Gasteiger partial charge in [-0.1, -0.05) is 103 Å². The Bertz CT molecular complexity index is 3110. The molecule has 0 bridgehead atoms. The quantitative estimate of drug-likeness (QED) is 0.181. The Morgan fingerprint density at radius 2 is 0.940 bits per heavy atom. The van der Waals surface area contributed by atoms with Crippen molar-refractivity contribution in [3.63, 3.8) is 0 Å². The van der Waals surface area contributed by atoms with Gasteiger partial charge in [0, 0.05) is 73.9 Å². The second-order valence-corrected chi connectivity index (χ2v) is 15.1. The van der Waals surface area contributed by atoms with Gasteiger partial charge in [0.1, 0.15) is 0 Å². The molecule has 0 unspecified atom stereocenters. The number of rotatable bonds is 4. The van der Waals surface area contributed by atoms with Crippen LogP contribution >= 0.6 is 22.7 Å². The zero-order valence-corrected chi connectivity index (χ0v) is 28.5. The molecule has 4 heteroatoms. The molecule has 8 aromatic carbocycles. The third-order valence-electron chi connectivity index (χ3n) is 10.2. The van der Waals surface area contributed by atoms with Crippen molar-refractivity contribution in [2.45, 2.75) is 0 Å². The average molecular weight is 673 g/mol. The van der Waals surface area contributed by atoms with Crippen LogP contribution in [0.2, 0.25) is 0 Å². The molecular formula is C46H28N2S2. The minimum atomic E-state index is 1.13. The Labute approximate surface area is 296 Å². The smallest absolute Gasteiger partial charge is 0.0561 e. The molecule has 0 fully saturated rings. The molecule has 0 amide bonds. The van der Waals surface area contributed by atoms with Gasteiger partial charge in [0.2, 0.25) is 0 Å². The lowest BCUT2D eigenvalue weighted by Gasteiger charge is -2.26. The summed E-state index contributed by atoms with van der Waals surface area (Å²) >= 11 is 3.75. The molecule has 0 radical (unpaired) electrons. The minimum absolute atomic E-state index is 1.13. The second kappa shape index (κ2) is 10.8. The van der Waals surface area contributed by atoms with Crippen molar-refractivity contribution in [1.82, 2.24) is 4.57 Å². The van der Waals surface area contributed by atoms with Crippen molar-refractivity contribution >= 4 is 113 Å². The predicted octanol–water partition coefficient (Wildman–Crippen LogP) is 14.1. The third kappa shape index (κ3) is 4.13. The van der Waals surface area contributed by atoms with E-state index in [-0.39, 0.29) is 0 Å². The lowest BCUT2D eigenvalue weighted by Crippen LogP contribution is -2.10. The zero-order valence-electron chi connectivity index (χ0n) is 26.9. The third-order valence-corrected chi connectivity index (χ3v) is 12.4. The van der Waals surface area contributed by atoms with E-state index in [2.05, 4.69) is 179 Å². The van der Waals surface area contributed by atoms with Crippen LogP contribution in [0.15, 0.2) is 170 Å². The second-order valence-electron chi connectivity index (χ2n) is 12.9. The number of para-hydroxylation sites is 2. The summed E-state index contributed by atoms with van der Waals surface area (Å²) in [4.78, 5) is 2.44. The van der Waals surface area contributed by atoms with E-state index in [1.165, 1.54) is 72.9 Å². The number of aromatic nitrogens is 1. The maximum atomic E-state index is 2.44. The van der Waals surface area contributed by atoms with Gasteiger partial charge in [-0.25, -0.2) is 0 Å². The fraction of sp³-hybridized carbons (Fsp3) is 0. The van der Waals surface area contributed by atoms with E-state index in [4.69, 9.17) is 0 Å². The van der Waals surface area contributed by atoms with Crippen LogP contribution in [0.4, 0.5) is 17.1 Å². The van der Waals surface area contributed by atoms with Gasteiger partial charge in [-0.3, -0.25) is 0 Å². The molecule has 50 heavy (non-hydrogen) atoms. The van der Waals surface area contributed by atoms with E-state index in [1.54, 1.807) is 0 Å². The largest absolute Gasteiger partial charge is 0.310 e. The van der Waals surface area contributed by atoms with Gasteiger partial charge >= 0.3 is 0 Å². The summed E-state index contributed by atoms with van der Waals surface area (Å²) in [5.74, 6) is 0. The normalized spacial score (nSPS) is 12.0. The van der Waals surface area contributed by atoms with Crippen molar-refractivity contribution in [3.8, 4) is 5.69 Å². The molecule has 3 aromatic heterocycles. The lowest BCUT2D eigenvalue weighted by atomic mass is 10.0. The highest BCUT2D eigenvalue weighted by Gasteiger charge is 2.20. The van der Waals surface area contributed by atoms with Crippen molar-refractivity contribution in [3.05, 3.63) is 170 Å². The average Bonchev–Trinajstić information content (AvgIpc) is 3.84. The minimum Gasteiger partial charge on any atom is -0.310 e. The summed E-state index contributed by atoms with van der Waals surface area (Å²) in [6.07, 6.45) is 0. The summed E-state index contributed by atoms with van der Waals surface area (Å²) in [5, 5.41) is 10.4. The van der Waals surface area contributed by atoms with E-state index in [1.807, 2.05) is 22.7 Å². The molecular weight excluding hydrogens is 645 g/mol. The summed E-state index contributed by atoms with van der Waals surface area (Å²) < 4.78 is 7.63. The van der Waals surface area contributed by atoms with Gasteiger partial charge in [-0.15, -0.1) is 22.7 Å². The summed E-state index contributed by atoms with van der Waals surface area (Å²) in [6, 6.07) is 62.5. The van der Waals surface area contributed by atoms with Crippen LogP contribution in [0.1, 0.15) is 0 Å². The molecule has 0 saturated heterocycles. The van der Waals surface area contributed by atoms with Crippen LogP contribution in [0.5, 0.6) is 0 Å². The number of thiophene rings is 2. The standard InChI is InChI=1S/C46H28N2S2/c1-2-11-30(12-3-1)48-40-16-8-6-14-35(40)36-22-19-31(26-41(36)48)47(32-20-23-38-37-15-7-9-17-42(37)49-44(38)27-32)33-21-24-39-45(28-33)50-43-25-18-29-10-4-5-13-34(29)46(39)43/h1-28H. The van der Waals surface area contributed by atoms with Crippen LogP contribution in [-0.2, 0) is 0 Å². The summed E-state index contributed by atoms with van der Waals surface area (Å²) in [6.45, 7) is 0. The Morgan fingerprint density at radius 1 is 0.360 bits per heavy atom. The monoisotopic (exact) mass is 672 g/mol. The first-order chi connectivity index (χ1) is 24.8. The number of benzene rings is 8. The van der Waals surface area contributed by atoms with Gasteiger partial charge in [0.15, 0.2) is 0 Å². The summed E-state index contributed by atoms with van der Waals surface area (Å²) in [7, 11) is 0. The van der Waals surface area contributed by atoms with Crippen LogP contribution in [0.3, 0.4) is 0 Å². The van der Waals surface area contributed by atoms with Gasteiger partial charge in [-0.05, 0) is 77.5 Å². The van der Waals surface area contributed by atoms with Crippen molar-refractivity contribution < 1.29 is 0 Å². The highest BCUT2D eigenvalue weighted by atomic mass is 32.1. The highest BCUT2D eigenvalue weighted by molar-refractivity contribution is 7.26. The zero-order chi connectivity index (χ0) is 32.8. The molecule has 0 N–H and O–H groups in total. The van der Waals surface area contributed by atoms with Crippen molar-refractivity contribution in [2.75, 3.05) is 4.90 Å². The molecule has 11 rings (SSSR count). The lowest BCUT2D eigenvalue weighted by molar-refractivity contribution is 1.18. The number of hydrogen-bond donors (Lipinski definition) is 0. The van der Waals surface area contributed by atoms with Crippen molar-refractivity contribution in [1.29, 1.82) is 0 Å². The molecule has 0 atom stereocenters. The maximum absolute atomic E-state index is 2.44. The van der Waals surface area contributed by atoms with Gasteiger partial charge in [0.05, 0.1) is 11.0 Å². The fourth-order valence-corrected chi connectivity index (χ4v) is 10.2. The number of nitrogens with zero attached hydrogens (tertiary/aromatic N) is 2. The highest BCUT2D eigenvalue weighted by Crippen LogP contribution is 2.45. The first-order valence-corrected chi connectivity index (χ1v) is 18.6. The van der Waals surface area contributed by atoms with Crippen LogP contribution in [0.25, 0.3) is 78.6 Å². The van der Waals surface area contributed by atoms with Gasteiger partial charge < -0.3 is 9.47 Å². The molecule has 0 spiro atoms. The summed E-state index contributed by atoms with van der Waals surface area (Å²) in [5.41, 5.74) is 6.99. The van der Waals surface area contributed by atoms with Gasteiger partial charge in [-0.2, -0.15) is 0 Å². The van der Waals surface area contributed by atoms with E-state index in [0.717, 1.165) is 22.7 Å². The predicted molar refractivity (Wildman–Crippen MR) is 219 cm³/mol. The number of hydrogen-bond acceptors (Lipinski definition) is 3. The molecule has 0 aliphatic rings.